The molecule has 5 heteroatoms. The number of hydrogen-bond donors (Lipinski definition) is 0. The highest BCUT2D eigenvalue weighted by atomic mass is 16.5. The molecule has 0 saturated heterocycles. The molecule has 2 aromatic carbocycles. The first-order valence-corrected chi connectivity index (χ1v) is 6.36. The Kier molecular flexibility index (Phi) is 2.35. The third-order valence-corrected chi connectivity index (χ3v) is 3.59. The zero-order valence-corrected chi connectivity index (χ0v) is 10.7. The molecule has 0 N–H and O–H groups in total. The Bertz CT molecular complexity index is 882. The van der Waals surface area contributed by atoms with Crippen molar-refractivity contribution in [3.05, 3.63) is 71.0 Å². The van der Waals surface area contributed by atoms with Crippen molar-refractivity contribution in [3.8, 4) is 11.3 Å². The zero-order chi connectivity index (χ0) is 14.4. The smallest absolute Gasteiger partial charge is 0.195 e. The fourth-order valence-corrected chi connectivity index (χ4v) is 2.64. The molecule has 0 aliphatic heterocycles. The Morgan fingerprint density at radius 3 is 2.14 bits per heavy atom. The van der Waals surface area contributed by atoms with Crippen LogP contribution in [0.2, 0.25) is 0 Å². The molecule has 0 unspecified atom stereocenters. The van der Waals surface area contributed by atoms with E-state index in [1.54, 1.807) is 42.5 Å². The van der Waals surface area contributed by atoms with Gasteiger partial charge in [-0.25, -0.2) is 0 Å². The Balaban J connectivity index is 2.04. The van der Waals surface area contributed by atoms with Crippen molar-refractivity contribution in [1.82, 2.24) is 10.4 Å². The van der Waals surface area contributed by atoms with Crippen LogP contribution in [0.15, 0.2) is 53.3 Å². The highest BCUT2D eigenvalue weighted by Crippen LogP contribution is 2.33. The van der Waals surface area contributed by atoms with Gasteiger partial charge in [0.25, 0.3) is 0 Å². The lowest BCUT2D eigenvalue weighted by Crippen LogP contribution is -2.21. The van der Waals surface area contributed by atoms with Crippen molar-refractivity contribution < 1.29 is 14.1 Å². The van der Waals surface area contributed by atoms with Crippen LogP contribution in [-0.2, 0) is 0 Å². The van der Waals surface area contributed by atoms with E-state index >= 15 is 0 Å². The van der Waals surface area contributed by atoms with Gasteiger partial charge in [-0.15, -0.1) is 5.10 Å². The van der Waals surface area contributed by atoms with Gasteiger partial charge in [0.1, 0.15) is 5.69 Å². The first kappa shape index (κ1) is 11.7. The summed E-state index contributed by atoms with van der Waals surface area (Å²) in [5, 5.41) is 7.24. The van der Waals surface area contributed by atoms with Crippen LogP contribution in [0.1, 0.15) is 31.8 Å². The van der Waals surface area contributed by atoms with Gasteiger partial charge in [0.15, 0.2) is 17.8 Å². The van der Waals surface area contributed by atoms with Crippen molar-refractivity contribution in [3.63, 3.8) is 0 Å². The average molecular weight is 276 g/mol. The number of ketones is 2. The maximum Gasteiger partial charge on any atom is 0.195 e. The summed E-state index contributed by atoms with van der Waals surface area (Å²) in [5.41, 5.74) is 2.59. The average Bonchev–Trinajstić information content (AvgIpc) is 3.06. The third-order valence-electron chi connectivity index (χ3n) is 3.59. The molecule has 1 aliphatic carbocycles. The second kappa shape index (κ2) is 4.21. The molecule has 1 heterocycles. The van der Waals surface area contributed by atoms with Crippen LogP contribution in [0.5, 0.6) is 0 Å². The molecule has 0 amide bonds. The normalized spacial score (nSPS) is 13.0. The molecule has 1 aromatic heterocycles. The lowest BCUT2D eigenvalue weighted by molar-refractivity contribution is 0.0979. The first-order chi connectivity index (χ1) is 10.3. The minimum Gasteiger partial charge on any atom is -0.345 e. The van der Waals surface area contributed by atoms with E-state index in [2.05, 4.69) is 10.4 Å². The number of aromatic nitrogens is 2. The molecule has 5 nitrogen and oxygen atoms in total. The number of carbonyl (C=O) groups is 2. The Hall–Kier alpha value is -3.08. The maximum absolute atomic E-state index is 12.7. The summed E-state index contributed by atoms with van der Waals surface area (Å²) in [4.78, 5) is 25.3. The van der Waals surface area contributed by atoms with Crippen molar-refractivity contribution in [1.29, 1.82) is 0 Å². The molecular formula is C16H8N2O3. The summed E-state index contributed by atoms with van der Waals surface area (Å²) in [6, 6.07) is 11.9. The van der Waals surface area contributed by atoms with E-state index in [4.69, 9.17) is 4.52 Å². The third kappa shape index (κ3) is 1.57. The van der Waals surface area contributed by atoms with E-state index < -0.39 is 0 Å². The van der Waals surface area contributed by atoms with Gasteiger partial charge in [0.2, 0.25) is 0 Å². The van der Waals surface area contributed by atoms with Crippen LogP contribution >= 0.6 is 0 Å². The largest absolute Gasteiger partial charge is 0.345 e. The molecular weight excluding hydrogens is 268 g/mol. The Morgan fingerprint density at radius 1 is 0.762 bits per heavy atom. The topological polar surface area (TPSA) is 73.1 Å². The van der Waals surface area contributed by atoms with E-state index in [1.165, 1.54) is 6.26 Å². The second-order valence-corrected chi connectivity index (χ2v) is 4.72. The molecule has 0 fully saturated rings. The first-order valence-electron chi connectivity index (χ1n) is 6.36. The van der Waals surface area contributed by atoms with E-state index in [0.717, 1.165) is 0 Å². The molecule has 3 aromatic rings. The van der Waals surface area contributed by atoms with Crippen LogP contribution < -0.4 is 0 Å². The van der Waals surface area contributed by atoms with Crippen molar-refractivity contribution in [2.45, 2.75) is 0 Å². The van der Waals surface area contributed by atoms with E-state index in [1.807, 2.05) is 0 Å². The van der Waals surface area contributed by atoms with Crippen molar-refractivity contribution in [2.24, 2.45) is 0 Å². The molecule has 0 saturated carbocycles. The molecule has 0 atom stereocenters. The molecule has 1 aliphatic rings. The highest BCUT2D eigenvalue weighted by molar-refractivity contribution is 6.30. The van der Waals surface area contributed by atoms with E-state index in [0.29, 0.717) is 33.5 Å². The van der Waals surface area contributed by atoms with Crippen LogP contribution in [0.4, 0.5) is 0 Å². The Morgan fingerprint density at radius 2 is 1.43 bits per heavy atom. The number of rotatable bonds is 1. The predicted molar refractivity (Wildman–Crippen MR) is 73.0 cm³/mol. The number of benzene rings is 2. The minimum atomic E-state index is -0.182. The van der Waals surface area contributed by atoms with E-state index in [-0.39, 0.29) is 11.6 Å². The van der Waals surface area contributed by atoms with Crippen LogP contribution in [0.25, 0.3) is 11.3 Å². The van der Waals surface area contributed by atoms with Crippen LogP contribution in [0.3, 0.4) is 0 Å². The molecule has 21 heavy (non-hydrogen) atoms. The van der Waals surface area contributed by atoms with Gasteiger partial charge in [-0.3, -0.25) is 9.59 Å². The standard InChI is InChI=1S/C16H8N2O3/c19-15-9-4-1-2-5-10(9)16(20)14-11(6-3-7-12(14)15)13-8-21-18-17-13/h1-8H. The van der Waals surface area contributed by atoms with Gasteiger partial charge in [-0.2, -0.15) is 0 Å². The number of carbonyl (C=O) groups excluding carboxylic acids is 2. The molecule has 0 bridgehead atoms. The summed E-state index contributed by atoms with van der Waals surface area (Å²) >= 11 is 0. The van der Waals surface area contributed by atoms with Crippen LogP contribution in [-0.4, -0.2) is 21.9 Å². The summed E-state index contributed by atoms with van der Waals surface area (Å²) < 4.78 is 4.73. The van der Waals surface area contributed by atoms with Gasteiger partial charge in [0, 0.05) is 33.1 Å². The quantitative estimate of drug-likeness (QED) is 0.534. The lowest BCUT2D eigenvalue weighted by Gasteiger charge is -2.19. The second-order valence-electron chi connectivity index (χ2n) is 4.72. The number of nitrogens with zero attached hydrogens (tertiary/aromatic N) is 2. The molecule has 4 rings (SSSR count). The van der Waals surface area contributed by atoms with Gasteiger partial charge < -0.3 is 4.52 Å². The van der Waals surface area contributed by atoms with Gasteiger partial charge >= 0.3 is 0 Å². The fourth-order valence-electron chi connectivity index (χ4n) is 2.64. The minimum absolute atomic E-state index is 0.154. The van der Waals surface area contributed by atoms with Crippen LogP contribution in [0, 0.1) is 0 Å². The SMILES string of the molecule is O=C1c2ccccc2C(=O)c2c1cccc2-c1conn1. The van der Waals surface area contributed by atoms with Crippen molar-refractivity contribution >= 4 is 11.6 Å². The van der Waals surface area contributed by atoms with Gasteiger partial charge in [-0.1, -0.05) is 42.5 Å². The predicted octanol–water partition coefficient (Wildman–Crippen LogP) is 2.51. The number of hydrogen-bond acceptors (Lipinski definition) is 5. The summed E-state index contributed by atoms with van der Waals surface area (Å²) in [6.07, 6.45) is 1.36. The molecule has 100 valence electrons. The maximum atomic E-state index is 12.7. The molecule has 0 radical (unpaired) electrons. The fraction of sp³-hybridized carbons (Fsp3) is 0. The number of fused-ring (bicyclic) bond motifs is 2. The lowest BCUT2D eigenvalue weighted by atomic mass is 9.81. The molecule has 0 spiro atoms. The summed E-state index contributed by atoms with van der Waals surface area (Å²) in [7, 11) is 0. The van der Waals surface area contributed by atoms with Gasteiger partial charge in [0.05, 0.1) is 0 Å². The monoisotopic (exact) mass is 276 g/mol. The summed E-state index contributed by atoms with van der Waals surface area (Å²) in [5.74, 6) is -0.336. The van der Waals surface area contributed by atoms with Crippen molar-refractivity contribution in [2.75, 3.05) is 0 Å². The zero-order valence-electron chi connectivity index (χ0n) is 10.7. The van der Waals surface area contributed by atoms with Gasteiger partial charge in [-0.05, 0) is 0 Å². The van der Waals surface area contributed by atoms with E-state index in [9.17, 15) is 9.59 Å². The Labute approximate surface area is 119 Å². The highest BCUT2D eigenvalue weighted by Gasteiger charge is 2.31. The summed E-state index contributed by atoms with van der Waals surface area (Å²) in [6.45, 7) is 0.